The molecule has 0 radical (unpaired) electrons. The summed E-state index contributed by atoms with van der Waals surface area (Å²) in [7, 11) is 4.53. The molecule has 0 aliphatic rings. The molecule has 0 aliphatic carbocycles. The average molecular weight is 409 g/mol. The van der Waals surface area contributed by atoms with Crippen molar-refractivity contribution in [1.82, 2.24) is 14.6 Å². The van der Waals surface area contributed by atoms with Crippen LogP contribution in [0.25, 0.3) is 27.9 Å². The molecule has 8 nitrogen and oxygen atoms in total. The third-order valence-electron chi connectivity index (χ3n) is 5.00. The van der Waals surface area contributed by atoms with Crippen LogP contribution in [0.2, 0.25) is 0 Å². The Balaban J connectivity index is 1.99. The highest BCUT2D eigenvalue weighted by molar-refractivity contribution is 5.90. The van der Waals surface area contributed by atoms with E-state index in [1.165, 1.54) is 14.2 Å². The SMILES string of the molecule is CCCCc1cc(-c2cc3cc(OC)c(OC)c(OC)c3oc2=O)n2nccc2n1. The number of unbranched alkanes of at least 4 members (excludes halogenated alkanes) is 1. The van der Waals surface area contributed by atoms with Gasteiger partial charge in [0.15, 0.2) is 17.0 Å². The van der Waals surface area contributed by atoms with E-state index in [4.69, 9.17) is 18.6 Å². The molecule has 4 aromatic rings. The van der Waals surface area contributed by atoms with Crippen molar-refractivity contribution in [3.63, 3.8) is 0 Å². The monoisotopic (exact) mass is 409 g/mol. The Bertz CT molecular complexity index is 1280. The Morgan fingerprint density at radius 1 is 1.07 bits per heavy atom. The first-order chi connectivity index (χ1) is 14.6. The number of aromatic nitrogens is 3. The standard InChI is InChI=1S/C22H23N3O5/c1-5-6-7-14-12-16(25-18(24-14)8-9-23-25)15-10-13-11-17(27-2)20(28-3)21(29-4)19(13)30-22(15)26/h8-12H,5-7H2,1-4H3. The fourth-order valence-corrected chi connectivity index (χ4v) is 3.54. The van der Waals surface area contributed by atoms with Gasteiger partial charge < -0.3 is 18.6 Å². The minimum atomic E-state index is -0.502. The first kappa shape index (κ1) is 19.8. The van der Waals surface area contributed by atoms with Crippen molar-refractivity contribution >= 4 is 16.6 Å². The second-order valence-electron chi connectivity index (χ2n) is 6.85. The maximum atomic E-state index is 13.0. The number of methoxy groups -OCH3 is 3. The van der Waals surface area contributed by atoms with Gasteiger partial charge in [-0.15, -0.1) is 0 Å². The second kappa shape index (κ2) is 8.06. The molecule has 0 N–H and O–H groups in total. The van der Waals surface area contributed by atoms with Crippen LogP contribution in [0.5, 0.6) is 17.2 Å². The van der Waals surface area contributed by atoms with Gasteiger partial charge in [-0.05, 0) is 31.0 Å². The van der Waals surface area contributed by atoms with Gasteiger partial charge in [0, 0.05) is 17.1 Å². The molecule has 0 saturated carbocycles. The summed E-state index contributed by atoms with van der Waals surface area (Å²) in [5.74, 6) is 1.14. The summed E-state index contributed by atoms with van der Waals surface area (Å²) in [4.78, 5) is 17.6. The van der Waals surface area contributed by atoms with Gasteiger partial charge in [0.05, 0.1) is 38.8 Å². The van der Waals surface area contributed by atoms with Crippen molar-refractivity contribution in [2.24, 2.45) is 0 Å². The average Bonchev–Trinajstić information content (AvgIpc) is 3.24. The molecular weight excluding hydrogens is 386 g/mol. The fourth-order valence-electron chi connectivity index (χ4n) is 3.54. The number of nitrogens with zero attached hydrogens (tertiary/aromatic N) is 3. The quantitative estimate of drug-likeness (QED) is 0.428. The number of rotatable bonds is 7. The molecule has 0 spiro atoms. The van der Waals surface area contributed by atoms with E-state index in [0.717, 1.165) is 25.0 Å². The largest absolute Gasteiger partial charge is 0.493 e. The highest BCUT2D eigenvalue weighted by Crippen LogP contribution is 2.43. The van der Waals surface area contributed by atoms with E-state index >= 15 is 0 Å². The van der Waals surface area contributed by atoms with E-state index in [9.17, 15) is 4.79 Å². The molecule has 3 aromatic heterocycles. The smallest absolute Gasteiger partial charge is 0.345 e. The third kappa shape index (κ3) is 3.24. The van der Waals surface area contributed by atoms with Gasteiger partial charge in [0.1, 0.15) is 0 Å². The molecule has 3 heterocycles. The highest BCUT2D eigenvalue weighted by atomic mass is 16.5. The van der Waals surface area contributed by atoms with E-state index in [-0.39, 0.29) is 0 Å². The molecule has 8 heteroatoms. The number of benzene rings is 1. The summed E-state index contributed by atoms with van der Waals surface area (Å²) in [6.07, 6.45) is 4.55. The summed E-state index contributed by atoms with van der Waals surface area (Å²) >= 11 is 0. The fraction of sp³-hybridized carbons (Fsp3) is 0.318. The molecule has 30 heavy (non-hydrogen) atoms. The van der Waals surface area contributed by atoms with Crippen molar-refractivity contribution in [2.45, 2.75) is 26.2 Å². The molecule has 0 fully saturated rings. The van der Waals surface area contributed by atoms with Crippen LogP contribution in [0.15, 0.2) is 39.7 Å². The lowest BCUT2D eigenvalue weighted by Gasteiger charge is -2.14. The van der Waals surface area contributed by atoms with Gasteiger partial charge in [-0.25, -0.2) is 14.3 Å². The molecule has 4 rings (SSSR count). The van der Waals surface area contributed by atoms with Crippen molar-refractivity contribution in [2.75, 3.05) is 21.3 Å². The van der Waals surface area contributed by atoms with Crippen LogP contribution in [0.1, 0.15) is 25.5 Å². The summed E-state index contributed by atoms with van der Waals surface area (Å²) in [5, 5.41) is 4.98. The van der Waals surface area contributed by atoms with E-state index < -0.39 is 5.63 Å². The van der Waals surface area contributed by atoms with E-state index in [2.05, 4.69) is 17.0 Å². The minimum absolute atomic E-state index is 0.292. The predicted octanol–water partition coefficient (Wildman–Crippen LogP) is 3.87. The van der Waals surface area contributed by atoms with E-state index in [1.54, 1.807) is 30.0 Å². The Morgan fingerprint density at radius 3 is 2.57 bits per heavy atom. The Hall–Kier alpha value is -3.55. The summed E-state index contributed by atoms with van der Waals surface area (Å²) < 4.78 is 23.6. The zero-order valence-electron chi connectivity index (χ0n) is 17.4. The summed E-state index contributed by atoms with van der Waals surface area (Å²) in [6, 6.07) is 7.22. The zero-order valence-corrected chi connectivity index (χ0v) is 17.4. The maximum absolute atomic E-state index is 13.0. The van der Waals surface area contributed by atoms with Crippen LogP contribution in [-0.4, -0.2) is 35.9 Å². The van der Waals surface area contributed by atoms with Crippen LogP contribution in [0.3, 0.4) is 0 Å². The topological polar surface area (TPSA) is 88.1 Å². The van der Waals surface area contributed by atoms with Gasteiger partial charge in [0.2, 0.25) is 11.5 Å². The highest BCUT2D eigenvalue weighted by Gasteiger charge is 2.21. The Morgan fingerprint density at radius 2 is 1.87 bits per heavy atom. The van der Waals surface area contributed by atoms with Gasteiger partial charge in [-0.2, -0.15) is 5.10 Å². The predicted molar refractivity (Wildman–Crippen MR) is 113 cm³/mol. The minimum Gasteiger partial charge on any atom is -0.493 e. The van der Waals surface area contributed by atoms with E-state index in [0.29, 0.717) is 45.1 Å². The first-order valence-electron chi connectivity index (χ1n) is 9.72. The molecule has 0 aliphatic heterocycles. The van der Waals surface area contributed by atoms with E-state index in [1.807, 2.05) is 12.1 Å². The Kier molecular flexibility index (Phi) is 5.31. The van der Waals surface area contributed by atoms with Gasteiger partial charge in [-0.3, -0.25) is 0 Å². The molecular formula is C22H23N3O5. The second-order valence-corrected chi connectivity index (χ2v) is 6.85. The number of hydrogen-bond donors (Lipinski definition) is 0. The van der Waals surface area contributed by atoms with Crippen LogP contribution >= 0.6 is 0 Å². The molecule has 0 unspecified atom stereocenters. The van der Waals surface area contributed by atoms with Crippen molar-refractivity contribution < 1.29 is 18.6 Å². The van der Waals surface area contributed by atoms with Crippen molar-refractivity contribution in [3.05, 3.63) is 46.6 Å². The van der Waals surface area contributed by atoms with Gasteiger partial charge in [0.25, 0.3) is 0 Å². The first-order valence-corrected chi connectivity index (χ1v) is 9.72. The molecule has 156 valence electrons. The summed E-state index contributed by atoms with van der Waals surface area (Å²) in [6.45, 7) is 2.13. The van der Waals surface area contributed by atoms with Crippen LogP contribution in [-0.2, 0) is 6.42 Å². The van der Waals surface area contributed by atoms with Crippen LogP contribution < -0.4 is 19.8 Å². The van der Waals surface area contributed by atoms with Crippen LogP contribution in [0.4, 0.5) is 0 Å². The lowest BCUT2D eigenvalue weighted by Crippen LogP contribution is -2.09. The lowest BCUT2D eigenvalue weighted by atomic mass is 10.1. The Labute approximate surface area is 173 Å². The normalized spacial score (nSPS) is 11.2. The summed E-state index contributed by atoms with van der Waals surface area (Å²) in [5.41, 5.74) is 2.39. The maximum Gasteiger partial charge on any atom is 0.345 e. The molecule has 0 saturated heterocycles. The molecule has 0 amide bonds. The molecule has 0 bridgehead atoms. The van der Waals surface area contributed by atoms with Gasteiger partial charge in [-0.1, -0.05) is 13.3 Å². The van der Waals surface area contributed by atoms with Gasteiger partial charge >= 0.3 is 5.63 Å². The number of hydrogen-bond acceptors (Lipinski definition) is 7. The van der Waals surface area contributed by atoms with Crippen LogP contribution in [0, 0.1) is 0 Å². The third-order valence-corrected chi connectivity index (χ3v) is 5.00. The number of fused-ring (bicyclic) bond motifs is 2. The zero-order chi connectivity index (χ0) is 21.3. The van der Waals surface area contributed by atoms with Crippen molar-refractivity contribution in [3.8, 4) is 28.5 Å². The van der Waals surface area contributed by atoms with Crippen molar-refractivity contribution in [1.29, 1.82) is 0 Å². The number of ether oxygens (including phenoxy) is 3. The lowest BCUT2D eigenvalue weighted by molar-refractivity contribution is 0.323. The number of aryl methyl sites for hydroxylation is 1. The molecule has 1 aromatic carbocycles. The molecule has 0 atom stereocenters.